The van der Waals surface area contributed by atoms with E-state index in [0.717, 1.165) is 0 Å². The van der Waals surface area contributed by atoms with E-state index in [1.165, 1.54) is 0 Å². The van der Waals surface area contributed by atoms with Crippen molar-refractivity contribution in [1.29, 1.82) is 0 Å². The lowest BCUT2D eigenvalue weighted by Gasteiger charge is -2.23. The molecule has 1 fully saturated rings. The first-order valence-electron chi connectivity index (χ1n) is 6.52. The predicted octanol–water partition coefficient (Wildman–Crippen LogP) is 1.11. The molecular weight excluding hydrogens is 246 g/mol. The summed E-state index contributed by atoms with van der Waals surface area (Å²) in [7, 11) is 0. The Hall–Kier alpha value is -1.85. The van der Waals surface area contributed by atoms with E-state index in [-0.39, 0.29) is 23.8 Å². The van der Waals surface area contributed by atoms with Gasteiger partial charge < -0.3 is 15.2 Å². The van der Waals surface area contributed by atoms with Gasteiger partial charge in [0.25, 0.3) is 5.91 Å². The van der Waals surface area contributed by atoms with E-state index in [9.17, 15) is 9.59 Å². The molecule has 6 nitrogen and oxygen atoms in total. The molecule has 1 atom stereocenters. The highest BCUT2D eigenvalue weighted by Gasteiger charge is 2.26. The van der Waals surface area contributed by atoms with Crippen molar-refractivity contribution in [1.82, 2.24) is 15.8 Å². The standard InChI is InChI=1S/C13H19N3O3/c1-7(2)12-11(8(3)16-19-12)13(18)15-9-4-5-10(17)14-6-9/h7,9H,4-6H2,1-3H3,(H,14,17)(H,15,18). The molecule has 2 rings (SSSR count). The molecule has 1 aromatic heterocycles. The lowest BCUT2D eigenvalue weighted by molar-refractivity contribution is -0.122. The quantitative estimate of drug-likeness (QED) is 0.857. The maximum Gasteiger partial charge on any atom is 0.257 e. The molecule has 6 heteroatoms. The van der Waals surface area contributed by atoms with Crippen molar-refractivity contribution in [2.24, 2.45) is 0 Å². The maximum atomic E-state index is 12.3. The van der Waals surface area contributed by atoms with Gasteiger partial charge in [0.15, 0.2) is 5.76 Å². The topological polar surface area (TPSA) is 84.2 Å². The van der Waals surface area contributed by atoms with Crippen LogP contribution in [-0.4, -0.2) is 29.6 Å². The number of carbonyl (C=O) groups excluding carboxylic acids is 2. The summed E-state index contributed by atoms with van der Waals surface area (Å²) in [5, 5.41) is 9.52. The summed E-state index contributed by atoms with van der Waals surface area (Å²) < 4.78 is 5.20. The molecule has 1 aliphatic rings. The minimum atomic E-state index is -0.177. The normalized spacial score (nSPS) is 19.4. The molecule has 0 spiro atoms. The van der Waals surface area contributed by atoms with Crippen LogP contribution in [0.1, 0.15) is 54.4 Å². The van der Waals surface area contributed by atoms with Gasteiger partial charge in [-0.2, -0.15) is 0 Å². The van der Waals surface area contributed by atoms with Crippen LogP contribution >= 0.6 is 0 Å². The van der Waals surface area contributed by atoms with Gasteiger partial charge in [0, 0.05) is 24.9 Å². The second-order valence-electron chi connectivity index (χ2n) is 5.18. The molecule has 0 aliphatic carbocycles. The van der Waals surface area contributed by atoms with E-state index in [2.05, 4.69) is 15.8 Å². The number of amides is 2. The van der Waals surface area contributed by atoms with Crippen LogP contribution in [-0.2, 0) is 4.79 Å². The van der Waals surface area contributed by atoms with Crippen LogP contribution in [0.2, 0.25) is 0 Å². The van der Waals surface area contributed by atoms with Gasteiger partial charge in [-0.15, -0.1) is 0 Å². The number of rotatable bonds is 3. The van der Waals surface area contributed by atoms with Crippen LogP contribution in [0.15, 0.2) is 4.52 Å². The first kappa shape index (κ1) is 13.6. The zero-order valence-corrected chi connectivity index (χ0v) is 11.4. The molecule has 104 valence electrons. The van der Waals surface area contributed by atoms with Crippen molar-refractivity contribution in [3.05, 3.63) is 17.0 Å². The largest absolute Gasteiger partial charge is 0.360 e. The highest BCUT2D eigenvalue weighted by molar-refractivity contribution is 5.96. The summed E-state index contributed by atoms with van der Waals surface area (Å²) in [5.41, 5.74) is 1.12. The van der Waals surface area contributed by atoms with Gasteiger partial charge >= 0.3 is 0 Å². The van der Waals surface area contributed by atoms with E-state index < -0.39 is 0 Å². The van der Waals surface area contributed by atoms with Crippen LogP contribution in [0.4, 0.5) is 0 Å². The Kier molecular flexibility index (Phi) is 3.87. The molecule has 1 aliphatic heterocycles. The van der Waals surface area contributed by atoms with E-state index in [1.54, 1.807) is 6.92 Å². The summed E-state index contributed by atoms with van der Waals surface area (Å²) in [5.74, 6) is 0.570. The number of hydrogen-bond donors (Lipinski definition) is 2. The van der Waals surface area contributed by atoms with Crippen molar-refractivity contribution in [3.63, 3.8) is 0 Å². The van der Waals surface area contributed by atoms with Crippen LogP contribution in [0.3, 0.4) is 0 Å². The predicted molar refractivity (Wildman–Crippen MR) is 68.8 cm³/mol. The minimum absolute atomic E-state index is 0.0282. The third kappa shape index (κ3) is 2.94. The van der Waals surface area contributed by atoms with Crippen LogP contribution in [0.5, 0.6) is 0 Å². The van der Waals surface area contributed by atoms with Gasteiger partial charge in [0.2, 0.25) is 5.91 Å². The smallest absolute Gasteiger partial charge is 0.257 e. The number of carbonyl (C=O) groups is 2. The summed E-state index contributed by atoms with van der Waals surface area (Å²) in [6.45, 7) is 6.15. The molecule has 0 radical (unpaired) electrons. The number of nitrogens with one attached hydrogen (secondary N) is 2. The second-order valence-corrected chi connectivity index (χ2v) is 5.18. The molecular formula is C13H19N3O3. The number of nitrogens with zero attached hydrogens (tertiary/aromatic N) is 1. The lowest BCUT2D eigenvalue weighted by Crippen LogP contribution is -2.47. The fraction of sp³-hybridized carbons (Fsp3) is 0.615. The van der Waals surface area contributed by atoms with Crippen LogP contribution in [0, 0.1) is 6.92 Å². The van der Waals surface area contributed by atoms with Gasteiger partial charge in [-0.1, -0.05) is 19.0 Å². The monoisotopic (exact) mass is 265 g/mol. The minimum Gasteiger partial charge on any atom is -0.360 e. The van der Waals surface area contributed by atoms with Gasteiger partial charge in [-0.05, 0) is 13.3 Å². The molecule has 2 heterocycles. The number of hydrogen-bond acceptors (Lipinski definition) is 4. The van der Waals surface area contributed by atoms with Gasteiger partial charge in [-0.25, -0.2) is 0 Å². The van der Waals surface area contributed by atoms with E-state index >= 15 is 0 Å². The highest BCUT2D eigenvalue weighted by Crippen LogP contribution is 2.22. The average Bonchev–Trinajstić information content (AvgIpc) is 2.74. The molecule has 0 saturated carbocycles. The van der Waals surface area contributed by atoms with E-state index in [1.807, 2.05) is 13.8 Å². The molecule has 0 aromatic carbocycles. The number of aromatic nitrogens is 1. The van der Waals surface area contributed by atoms with Crippen molar-refractivity contribution < 1.29 is 14.1 Å². The van der Waals surface area contributed by atoms with Crippen molar-refractivity contribution in [2.75, 3.05) is 6.54 Å². The Morgan fingerprint density at radius 3 is 2.84 bits per heavy atom. The lowest BCUT2D eigenvalue weighted by atomic mass is 10.0. The van der Waals surface area contributed by atoms with Crippen molar-refractivity contribution in [3.8, 4) is 0 Å². The fourth-order valence-corrected chi connectivity index (χ4v) is 2.17. The van der Waals surface area contributed by atoms with Gasteiger partial charge in [-0.3, -0.25) is 9.59 Å². The van der Waals surface area contributed by atoms with Crippen molar-refractivity contribution in [2.45, 2.75) is 45.6 Å². The third-order valence-electron chi connectivity index (χ3n) is 3.24. The summed E-state index contributed by atoms with van der Waals surface area (Å²) in [4.78, 5) is 23.3. The summed E-state index contributed by atoms with van der Waals surface area (Å²) in [6, 6.07) is -0.0282. The van der Waals surface area contributed by atoms with E-state index in [4.69, 9.17) is 4.52 Å². The highest BCUT2D eigenvalue weighted by atomic mass is 16.5. The molecule has 19 heavy (non-hydrogen) atoms. The number of aryl methyl sites for hydroxylation is 1. The van der Waals surface area contributed by atoms with E-state index in [0.29, 0.717) is 36.4 Å². The second kappa shape index (κ2) is 5.42. The molecule has 2 amide bonds. The summed E-state index contributed by atoms with van der Waals surface area (Å²) in [6.07, 6.45) is 1.11. The zero-order valence-electron chi connectivity index (χ0n) is 11.4. The summed E-state index contributed by atoms with van der Waals surface area (Å²) >= 11 is 0. The first-order chi connectivity index (χ1) is 8.99. The number of piperidine rings is 1. The zero-order chi connectivity index (χ0) is 14.0. The molecule has 0 bridgehead atoms. The van der Waals surface area contributed by atoms with Crippen LogP contribution < -0.4 is 10.6 Å². The molecule has 1 aromatic rings. The Bertz CT molecular complexity index is 483. The molecule has 1 saturated heterocycles. The van der Waals surface area contributed by atoms with Gasteiger partial charge in [0.05, 0.1) is 5.69 Å². The Balaban J connectivity index is 2.08. The maximum absolute atomic E-state index is 12.3. The molecule has 1 unspecified atom stereocenters. The fourth-order valence-electron chi connectivity index (χ4n) is 2.17. The Morgan fingerprint density at radius 1 is 1.53 bits per heavy atom. The first-order valence-corrected chi connectivity index (χ1v) is 6.52. The Morgan fingerprint density at radius 2 is 2.26 bits per heavy atom. The van der Waals surface area contributed by atoms with Gasteiger partial charge in [0.1, 0.15) is 5.56 Å². The SMILES string of the molecule is Cc1noc(C(C)C)c1C(=O)NC1CCC(=O)NC1. The Labute approximate surface area is 111 Å². The van der Waals surface area contributed by atoms with Crippen LogP contribution in [0.25, 0.3) is 0 Å². The third-order valence-corrected chi connectivity index (χ3v) is 3.24. The molecule has 2 N–H and O–H groups in total. The van der Waals surface area contributed by atoms with Crippen molar-refractivity contribution >= 4 is 11.8 Å². The average molecular weight is 265 g/mol.